The maximum atomic E-state index is 12.2. The first-order chi connectivity index (χ1) is 29.5. The third-order valence-electron chi connectivity index (χ3n) is 8.79. The second-order valence-corrected chi connectivity index (χ2v) is 14.0. The molecule has 3 N–H and O–H groups in total. The molecule has 2 aliphatic heterocycles. The van der Waals surface area contributed by atoms with Gasteiger partial charge in [-0.3, -0.25) is 9.59 Å². The van der Waals surface area contributed by atoms with Crippen LogP contribution in [-0.2, 0) is 42.0 Å². The minimum absolute atomic E-state index is 0.136. The first kappa shape index (κ1) is 47.9. The summed E-state index contributed by atoms with van der Waals surface area (Å²) >= 11 is 17.9. The molecule has 19 heteroatoms. The van der Waals surface area contributed by atoms with Crippen LogP contribution < -0.4 is 15.4 Å². The highest BCUT2D eigenvalue weighted by Crippen LogP contribution is 2.26. The highest BCUT2D eigenvalue weighted by atomic mass is 35.5. The molecule has 16 nitrogen and oxygen atoms in total. The van der Waals surface area contributed by atoms with E-state index in [1.54, 1.807) is 60.9 Å². The Morgan fingerprint density at radius 3 is 1.67 bits per heavy atom. The van der Waals surface area contributed by atoms with Gasteiger partial charge in [-0.2, -0.15) is 0 Å². The average molecular weight is 898 g/mol. The third kappa shape index (κ3) is 13.3. The van der Waals surface area contributed by atoms with Crippen molar-refractivity contribution in [1.29, 1.82) is 0 Å². The Hall–Kier alpha value is -5.81. The van der Waals surface area contributed by atoms with E-state index in [9.17, 15) is 9.59 Å². The molecule has 0 aliphatic carbocycles. The van der Waals surface area contributed by atoms with Gasteiger partial charge in [0.1, 0.15) is 44.2 Å². The van der Waals surface area contributed by atoms with E-state index in [-0.39, 0.29) is 54.4 Å². The number of nitrogens with one attached hydrogen (secondary N) is 2. The van der Waals surface area contributed by atoms with Crippen LogP contribution in [-0.4, -0.2) is 104 Å². The van der Waals surface area contributed by atoms with Crippen molar-refractivity contribution >= 4 is 69.8 Å². The standard InChI is InChI=1S/C21H23ClN4O4.C11H14N2O3.C10H10Cl2N2O/c1-4-15-12-30-20(25-15)14-9-17(22)21(24-10-14)29-11-13-7-5-6-8-16(13)18(26-28-3)19(27)23-2;1-12-11(15)10(13-16-2)9-6-4-3-5-8(9)7-14;1-2-7-5-15-10(14-7)6-3-8(11)9(12)13-4-6/h5-10,15H,4,11-12H2,1-3H3,(H,23,27);3-6,14H,7H2,1-2H3,(H,12,15);3-4,7H,2,5H2,1H3/b26-18+;13-10+;. The fourth-order valence-corrected chi connectivity index (χ4v) is 6.00. The number of pyridine rings is 2. The van der Waals surface area contributed by atoms with Gasteiger partial charge in [0.25, 0.3) is 11.8 Å². The second-order valence-electron chi connectivity index (χ2n) is 12.8. The molecule has 61 heavy (non-hydrogen) atoms. The Bertz CT molecular complexity index is 2260. The van der Waals surface area contributed by atoms with E-state index >= 15 is 0 Å². The van der Waals surface area contributed by atoms with Gasteiger partial charge in [-0.15, -0.1) is 0 Å². The highest BCUT2D eigenvalue weighted by Gasteiger charge is 2.22. The summed E-state index contributed by atoms with van der Waals surface area (Å²) in [6, 6.07) is 18.1. The van der Waals surface area contributed by atoms with E-state index in [1.807, 2.05) is 12.1 Å². The Balaban J connectivity index is 0.000000222. The molecule has 0 spiro atoms. The monoisotopic (exact) mass is 896 g/mol. The summed E-state index contributed by atoms with van der Waals surface area (Å²) in [4.78, 5) is 50.3. The first-order valence-electron chi connectivity index (χ1n) is 19.0. The summed E-state index contributed by atoms with van der Waals surface area (Å²) in [5, 5.41) is 22.8. The molecular weight excluding hydrogens is 851 g/mol. The van der Waals surface area contributed by atoms with Gasteiger partial charge in [-0.05, 0) is 36.1 Å². The molecular formula is C42H47Cl3N8O8. The van der Waals surface area contributed by atoms with Gasteiger partial charge >= 0.3 is 0 Å². The zero-order valence-electron chi connectivity index (χ0n) is 34.4. The molecule has 324 valence electrons. The smallest absolute Gasteiger partial charge is 0.273 e. The quantitative estimate of drug-likeness (QED) is 0.0746. The SMILES string of the molecule is CCC1COC(c2cnc(Cl)c(Cl)c2)=N1.CCC1COC(c2cnc(OCc3ccccc3/C(=N\OC)C(=O)NC)c(Cl)c2)=N1.CNC(=O)/C(=N/OC)c1ccccc1CO. The van der Waals surface area contributed by atoms with Gasteiger partial charge in [0.05, 0.1) is 34.8 Å². The second kappa shape index (κ2) is 24.4. The van der Waals surface area contributed by atoms with Crippen LogP contribution in [0, 0.1) is 0 Å². The highest BCUT2D eigenvalue weighted by molar-refractivity contribution is 6.46. The zero-order chi connectivity index (χ0) is 44.3. The number of ether oxygens (including phenoxy) is 3. The lowest BCUT2D eigenvalue weighted by molar-refractivity contribution is -0.115. The molecule has 2 aromatic heterocycles. The number of amides is 2. The number of halogens is 3. The number of carbonyl (C=O) groups is 2. The summed E-state index contributed by atoms with van der Waals surface area (Å²) in [5.41, 5.74) is 4.29. The number of likely N-dealkylation sites (N-methyl/N-ethyl adjacent to an activating group) is 2. The molecule has 0 radical (unpaired) electrons. The molecule has 2 amide bonds. The van der Waals surface area contributed by atoms with Crippen molar-refractivity contribution in [3.63, 3.8) is 0 Å². The molecule has 4 heterocycles. The van der Waals surface area contributed by atoms with Gasteiger partial charge in [0.2, 0.25) is 17.7 Å². The molecule has 0 saturated carbocycles. The Morgan fingerprint density at radius 2 is 1.23 bits per heavy atom. The lowest BCUT2D eigenvalue weighted by Crippen LogP contribution is -2.29. The van der Waals surface area contributed by atoms with Crippen LogP contribution in [0.5, 0.6) is 5.88 Å². The van der Waals surface area contributed by atoms with E-state index in [0.717, 1.165) is 24.0 Å². The number of aliphatic hydroxyl groups excluding tert-OH is 1. The van der Waals surface area contributed by atoms with E-state index < -0.39 is 0 Å². The minimum Gasteiger partial charge on any atom is -0.475 e. The molecule has 0 bridgehead atoms. The summed E-state index contributed by atoms with van der Waals surface area (Å²) in [6.07, 6.45) is 5.12. The Morgan fingerprint density at radius 1 is 0.754 bits per heavy atom. The normalized spacial score (nSPS) is 15.6. The number of aliphatic imine (C=N–C) groups is 2. The predicted molar refractivity (Wildman–Crippen MR) is 235 cm³/mol. The number of rotatable bonds is 14. The van der Waals surface area contributed by atoms with Crippen molar-refractivity contribution in [2.24, 2.45) is 20.3 Å². The molecule has 0 fully saturated rings. The number of aliphatic hydroxyl groups is 1. The molecule has 2 aromatic carbocycles. The fraction of sp³-hybridized carbons (Fsp3) is 0.333. The largest absolute Gasteiger partial charge is 0.475 e. The fourth-order valence-electron chi connectivity index (χ4n) is 5.51. The number of hydrogen-bond donors (Lipinski definition) is 3. The van der Waals surface area contributed by atoms with Gasteiger partial charge in [-0.1, -0.05) is 107 Å². The van der Waals surface area contributed by atoms with Crippen molar-refractivity contribution < 1.29 is 38.6 Å². The molecule has 2 aliphatic rings. The van der Waals surface area contributed by atoms with Gasteiger partial charge in [0.15, 0.2) is 11.4 Å². The predicted octanol–water partition coefficient (Wildman–Crippen LogP) is 6.19. The number of nitrogens with zero attached hydrogens (tertiary/aromatic N) is 6. The lowest BCUT2D eigenvalue weighted by atomic mass is 10.0. The van der Waals surface area contributed by atoms with Gasteiger partial charge in [-0.25, -0.2) is 20.0 Å². The van der Waals surface area contributed by atoms with Crippen molar-refractivity contribution in [2.75, 3.05) is 41.5 Å². The van der Waals surface area contributed by atoms with Crippen molar-refractivity contribution in [2.45, 2.75) is 52.0 Å². The minimum atomic E-state index is -0.368. The van der Waals surface area contributed by atoms with Crippen LogP contribution >= 0.6 is 34.8 Å². The Kier molecular flexibility index (Phi) is 19.2. The van der Waals surface area contributed by atoms with E-state index in [0.29, 0.717) is 62.5 Å². The zero-order valence-corrected chi connectivity index (χ0v) is 36.7. The maximum absolute atomic E-state index is 12.2. The number of oxime groups is 2. The van der Waals surface area contributed by atoms with E-state index in [4.69, 9.17) is 59.0 Å². The molecule has 6 rings (SSSR count). The van der Waals surface area contributed by atoms with Crippen LogP contribution in [0.3, 0.4) is 0 Å². The third-order valence-corrected chi connectivity index (χ3v) is 9.75. The molecule has 2 atom stereocenters. The molecule has 4 aromatic rings. The van der Waals surface area contributed by atoms with Crippen molar-refractivity contribution in [1.82, 2.24) is 20.6 Å². The number of aromatic nitrogens is 2. The molecule has 2 unspecified atom stereocenters. The van der Waals surface area contributed by atoms with E-state index in [1.165, 1.54) is 28.3 Å². The van der Waals surface area contributed by atoms with Crippen LogP contribution in [0.25, 0.3) is 0 Å². The van der Waals surface area contributed by atoms with Gasteiger partial charge < -0.3 is 39.6 Å². The summed E-state index contributed by atoms with van der Waals surface area (Å²) in [6.45, 7) is 5.31. The Labute approximate surface area is 369 Å². The average Bonchev–Trinajstić information content (AvgIpc) is 3.99. The van der Waals surface area contributed by atoms with Crippen molar-refractivity contribution in [3.8, 4) is 5.88 Å². The van der Waals surface area contributed by atoms with Crippen LogP contribution in [0.15, 0.2) is 93.4 Å². The molecule has 0 saturated heterocycles. The number of hydrogen-bond acceptors (Lipinski definition) is 14. The van der Waals surface area contributed by atoms with Crippen LogP contribution in [0.1, 0.15) is 60.1 Å². The maximum Gasteiger partial charge on any atom is 0.273 e. The van der Waals surface area contributed by atoms with Crippen LogP contribution in [0.2, 0.25) is 15.2 Å². The summed E-state index contributed by atoms with van der Waals surface area (Å²) < 4.78 is 16.9. The van der Waals surface area contributed by atoms with Gasteiger partial charge in [0, 0.05) is 37.6 Å². The number of benzene rings is 2. The van der Waals surface area contributed by atoms with Crippen LogP contribution in [0.4, 0.5) is 0 Å². The van der Waals surface area contributed by atoms with Crippen molar-refractivity contribution in [3.05, 3.63) is 122 Å². The lowest BCUT2D eigenvalue weighted by Gasteiger charge is -2.12. The summed E-state index contributed by atoms with van der Waals surface area (Å²) in [5.74, 6) is 0.688. The summed E-state index contributed by atoms with van der Waals surface area (Å²) in [7, 11) is 5.78. The number of carbonyl (C=O) groups excluding carboxylic acids is 2. The van der Waals surface area contributed by atoms with E-state index in [2.05, 4.69) is 59.6 Å². The first-order valence-corrected chi connectivity index (χ1v) is 20.1. The topological polar surface area (TPSA) is 200 Å².